The van der Waals surface area contributed by atoms with Gasteiger partial charge in [-0.15, -0.1) is 0 Å². The summed E-state index contributed by atoms with van der Waals surface area (Å²) in [6.45, 7) is 2.18. The molecule has 0 bridgehead atoms. The number of carbonyl (C=O) groups excluding carboxylic acids is 1. The fraction of sp³-hybridized carbons (Fsp3) is 0.692. The quantitative estimate of drug-likeness (QED) is 0.664. The summed E-state index contributed by atoms with van der Waals surface area (Å²) in [7, 11) is 0. The fourth-order valence-corrected chi connectivity index (χ4v) is 1.96. The van der Waals surface area contributed by atoms with Crippen molar-refractivity contribution in [2.45, 2.75) is 58.0 Å². The SMILES string of the molecule is CCCCCCC(CCc1cnc[nH]1)OC(N)=O. The van der Waals surface area contributed by atoms with Gasteiger partial charge in [0.1, 0.15) is 6.10 Å². The van der Waals surface area contributed by atoms with Crippen LogP contribution in [0.5, 0.6) is 0 Å². The molecule has 0 aliphatic heterocycles. The number of aryl methyl sites for hydroxylation is 1. The summed E-state index contributed by atoms with van der Waals surface area (Å²) in [6.07, 6.45) is 9.87. The minimum absolute atomic E-state index is 0.0809. The number of hydrogen-bond donors (Lipinski definition) is 2. The molecule has 5 nitrogen and oxygen atoms in total. The van der Waals surface area contributed by atoms with Crippen molar-refractivity contribution >= 4 is 6.09 Å². The molecule has 5 heteroatoms. The normalized spacial score (nSPS) is 12.3. The van der Waals surface area contributed by atoms with E-state index in [1.807, 2.05) is 0 Å². The van der Waals surface area contributed by atoms with E-state index in [1.54, 1.807) is 12.5 Å². The van der Waals surface area contributed by atoms with Gasteiger partial charge >= 0.3 is 6.09 Å². The molecule has 0 radical (unpaired) electrons. The van der Waals surface area contributed by atoms with Crippen LogP contribution in [0.1, 0.15) is 51.1 Å². The summed E-state index contributed by atoms with van der Waals surface area (Å²) in [5.74, 6) is 0. The number of hydrogen-bond acceptors (Lipinski definition) is 3. The van der Waals surface area contributed by atoms with Crippen LogP contribution in [0.4, 0.5) is 4.79 Å². The zero-order valence-corrected chi connectivity index (χ0v) is 11.0. The van der Waals surface area contributed by atoms with Crippen molar-refractivity contribution in [3.8, 4) is 0 Å². The number of nitrogens with zero attached hydrogens (tertiary/aromatic N) is 1. The third-order valence-electron chi connectivity index (χ3n) is 2.95. The molecule has 1 unspecified atom stereocenters. The molecule has 1 aromatic rings. The lowest BCUT2D eigenvalue weighted by Gasteiger charge is -2.16. The van der Waals surface area contributed by atoms with Crippen molar-refractivity contribution in [1.29, 1.82) is 0 Å². The number of amides is 1. The highest BCUT2D eigenvalue weighted by atomic mass is 16.6. The molecular weight excluding hydrogens is 230 g/mol. The lowest BCUT2D eigenvalue weighted by Crippen LogP contribution is -2.23. The van der Waals surface area contributed by atoms with Crippen molar-refractivity contribution in [1.82, 2.24) is 9.97 Å². The van der Waals surface area contributed by atoms with Crippen LogP contribution in [0.2, 0.25) is 0 Å². The number of primary amides is 1. The number of aromatic nitrogens is 2. The minimum atomic E-state index is -0.680. The van der Waals surface area contributed by atoms with Gasteiger partial charge in [0.05, 0.1) is 6.33 Å². The fourth-order valence-electron chi connectivity index (χ4n) is 1.96. The monoisotopic (exact) mass is 253 g/mol. The molecule has 1 amide bonds. The maximum absolute atomic E-state index is 10.8. The molecule has 3 N–H and O–H groups in total. The van der Waals surface area contributed by atoms with Crippen LogP contribution in [0, 0.1) is 0 Å². The number of H-pyrrole nitrogens is 1. The second-order valence-corrected chi connectivity index (χ2v) is 4.52. The van der Waals surface area contributed by atoms with E-state index < -0.39 is 6.09 Å². The van der Waals surface area contributed by atoms with Gasteiger partial charge in [-0.3, -0.25) is 0 Å². The van der Waals surface area contributed by atoms with E-state index >= 15 is 0 Å². The van der Waals surface area contributed by atoms with Crippen LogP contribution in [0.25, 0.3) is 0 Å². The Bertz CT molecular complexity index is 325. The van der Waals surface area contributed by atoms with Crippen LogP contribution in [0.3, 0.4) is 0 Å². The first kappa shape index (κ1) is 14.5. The average molecular weight is 253 g/mol. The van der Waals surface area contributed by atoms with Crippen molar-refractivity contribution in [3.63, 3.8) is 0 Å². The molecule has 0 spiro atoms. The number of ether oxygens (including phenoxy) is 1. The summed E-state index contributed by atoms with van der Waals surface area (Å²) >= 11 is 0. The molecule has 0 fully saturated rings. The molecule has 0 aromatic carbocycles. The predicted octanol–water partition coefficient (Wildman–Crippen LogP) is 2.78. The lowest BCUT2D eigenvalue weighted by molar-refractivity contribution is 0.0940. The second-order valence-electron chi connectivity index (χ2n) is 4.52. The zero-order chi connectivity index (χ0) is 13.2. The highest BCUT2D eigenvalue weighted by Crippen LogP contribution is 2.13. The van der Waals surface area contributed by atoms with Crippen LogP contribution < -0.4 is 5.73 Å². The summed E-state index contributed by atoms with van der Waals surface area (Å²) in [4.78, 5) is 17.8. The smallest absolute Gasteiger partial charge is 0.404 e. The van der Waals surface area contributed by atoms with Gasteiger partial charge in [-0.25, -0.2) is 9.78 Å². The Hall–Kier alpha value is -1.52. The van der Waals surface area contributed by atoms with Crippen molar-refractivity contribution in [2.24, 2.45) is 5.73 Å². The van der Waals surface area contributed by atoms with Gasteiger partial charge < -0.3 is 15.5 Å². The number of carbonyl (C=O) groups is 1. The molecule has 1 aromatic heterocycles. The lowest BCUT2D eigenvalue weighted by atomic mass is 10.0. The van der Waals surface area contributed by atoms with E-state index in [1.165, 1.54) is 19.3 Å². The van der Waals surface area contributed by atoms with Gasteiger partial charge in [-0.1, -0.05) is 26.2 Å². The average Bonchev–Trinajstić information content (AvgIpc) is 2.83. The van der Waals surface area contributed by atoms with E-state index in [4.69, 9.17) is 10.5 Å². The first-order valence-corrected chi connectivity index (χ1v) is 6.65. The number of aromatic amines is 1. The molecule has 1 heterocycles. The molecule has 0 aliphatic carbocycles. The number of imidazole rings is 1. The van der Waals surface area contributed by atoms with Gasteiger partial charge in [-0.05, 0) is 25.7 Å². The summed E-state index contributed by atoms with van der Waals surface area (Å²) < 4.78 is 5.13. The maximum atomic E-state index is 10.8. The summed E-state index contributed by atoms with van der Waals surface area (Å²) in [6, 6.07) is 0. The van der Waals surface area contributed by atoms with E-state index in [-0.39, 0.29) is 6.10 Å². The van der Waals surface area contributed by atoms with Crippen molar-refractivity contribution in [3.05, 3.63) is 18.2 Å². The molecule has 0 saturated carbocycles. The Morgan fingerprint density at radius 1 is 1.44 bits per heavy atom. The van der Waals surface area contributed by atoms with Gasteiger partial charge in [0.2, 0.25) is 0 Å². The molecule has 1 atom stereocenters. The third kappa shape index (κ3) is 6.27. The highest BCUT2D eigenvalue weighted by molar-refractivity contribution is 5.64. The maximum Gasteiger partial charge on any atom is 0.404 e. The topological polar surface area (TPSA) is 81.0 Å². The number of unbranched alkanes of at least 4 members (excludes halogenated alkanes) is 3. The Labute approximate surface area is 108 Å². The Kier molecular flexibility index (Phi) is 6.91. The minimum Gasteiger partial charge on any atom is -0.446 e. The zero-order valence-electron chi connectivity index (χ0n) is 11.0. The first-order valence-electron chi connectivity index (χ1n) is 6.65. The van der Waals surface area contributed by atoms with Gasteiger partial charge in [-0.2, -0.15) is 0 Å². The molecule has 0 aliphatic rings. The molecule has 18 heavy (non-hydrogen) atoms. The summed E-state index contributed by atoms with van der Waals surface area (Å²) in [5.41, 5.74) is 6.15. The van der Waals surface area contributed by atoms with Crippen LogP contribution in [-0.2, 0) is 11.2 Å². The Balaban J connectivity index is 2.28. The van der Waals surface area contributed by atoms with E-state index in [0.29, 0.717) is 0 Å². The predicted molar refractivity (Wildman–Crippen MR) is 70.1 cm³/mol. The highest BCUT2D eigenvalue weighted by Gasteiger charge is 2.12. The standard InChI is InChI=1S/C13H23N3O2/c1-2-3-4-5-6-12(18-13(14)17)8-7-11-9-15-10-16-11/h9-10,12H,2-8H2,1H3,(H2,14,17)(H,15,16). The van der Waals surface area contributed by atoms with Crippen LogP contribution >= 0.6 is 0 Å². The summed E-state index contributed by atoms with van der Waals surface area (Å²) in [5, 5.41) is 0. The molecular formula is C13H23N3O2. The molecule has 0 saturated heterocycles. The van der Waals surface area contributed by atoms with Gasteiger partial charge in [0.25, 0.3) is 0 Å². The largest absolute Gasteiger partial charge is 0.446 e. The molecule has 1 rings (SSSR count). The van der Waals surface area contributed by atoms with Crippen molar-refractivity contribution < 1.29 is 9.53 Å². The van der Waals surface area contributed by atoms with Crippen molar-refractivity contribution in [2.75, 3.05) is 0 Å². The third-order valence-corrected chi connectivity index (χ3v) is 2.95. The Morgan fingerprint density at radius 2 is 2.28 bits per heavy atom. The Morgan fingerprint density at radius 3 is 2.89 bits per heavy atom. The van der Waals surface area contributed by atoms with E-state index in [0.717, 1.165) is 31.4 Å². The number of nitrogens with one attached hydrogen (secondary N) is 1. The second kappa shape index (κ2) is 8.55. The van der Waals surface area contributed by atoms with Gasteiger partial charge in [0.15, 0.2) is 0 Å². The number of nitrogens with two attached hydrogens (primary N) is 1. The van der Waals surface area contributed by atoms with Crippen LogP contribution in [0.15, 0.2) is 12.5 Å². The van der Waals surface area contributed by atoms with Crippen LogP contribution in [-0.4, -0.2) is 22.2 Å². The van der Waals surface area contributed by atoms with E-state index in [9.17, 15) is 4.79 Å². The molecule has 102 valence electrons. The van der Waals surface area contributed by atoms with E-state index in [2.05, 4.69) is 16.9 Å². The first-order chi connectivity index (χ1) is 8.72. The number of rotatable bonds is 9. The van der Waals surface area contributed by atoms with Gasteiger partial charge in [0, 0.05) is 11.9 Å².